The van der Waals surface area contributed by atoms with Gasteiger partial charge < -0.3 is 5.11 Å². The first-order valence-corrected chi connectivity index (χ1v) is 5.43. The van der Waals surface area contributed by atoms with Gasteiger partial charge in [-0.25, -0.2) is 8.78 Å². The van der Waals surface area contributed by atoms with Crippen molar-refractivity contribution >= 4 is 0 Å². The summed E-state index contributed by atoms with van der Waals surface area (Å²) in [6.07, 6.45) is 0.468. The van der Waals surface area contributed by atoms with Crippen molar-refractivity contribution in [2.45, 2.75) is 27.2 Å². The van der Waals surface area contributed by atoms with E-state index in [-0.39, 0.29) is 17.9 Å². The summed E-state index contributed by atoms with van der Waals surface area (Å²) >= 11 is 0. The maximum absolute atomic E-state index is 13.0. The molecule has 90 valence electrons. The SMILES string of the molecule is CC(C)C(C)(CO)Cc1cc(F)cc(F)c1. The lowest BCUT2D eigenvalue weighted by molar-refractivity contribution is 0.0946. The van der Waals surface area contributed by atoms with Crippen molar-refractivity contribution in [2.75, 3.05) is 6.61 Å². The van der Waals surface area contributed by atoms with E-state index in [0.29, 0.717) is 12.0 Å². The van der Waals surface area contributed by atoms with E-state index in [1.165, 1.54) is 12.1 Å². The van der Waals surface area contributed by atoms with Crippen molar-refractivity contribution in [1.29, 1.82) is 0 Å². The third-order valence-corrected chi connectivity index (χ3v) is 3.29. The topological polar surface area (TPSA) is 20.2 Å². The second kappa shape index (κ2) is 4.91. The summed E-state index contributed by atoms with van der Waals surface area (Å²) in [5.41, 5.74) is 0.239. The lowest BCUT2D eigenvalue weighted by atomic mass is 9.75. The van der Waals surface area contributed by atoms with E-state index < -0.39 is 11.6 Å². The molecule has 3 heteroatoms. The molecule has 0 fully saturated rings. The molecule has 0 spiro atoms. The molecule has 1 atom stereocenters. The fourth-order valence-corrected chi connectivity index (χ4v) is 1.62. The molecule has 0 saturated carbocycles. The second-order valence-corrected chi connectivity index (χ2v) is 4.92. The van der Waals surface area contributed by atoms with Crippen LogP contribution in [0.3, 0.4) is 0 Å². The molecule has 0 bridgehead atoms. The maximum atomic E-state index is 13.0. The Morgan fingerprint density at radius 1 is 1.19 bits per heavy atom. The molecule has 0 aliphatic rings. The molecule has 1 aromatic carbocycles. The smallest absolute Gasteiger partial charge is 0.126 e. The van der Waals surface area contributed by atoms with Crippen molar-refractivity contribution in [2.24, 2.45) is 11.3 Å². The number of hydrogen-bond donors (Lipinski definition) is 1. The van der Waals surface area contributed by atoms with E-state index in [4.69, 9.17) is 0 Å². The zero-order valence-electron chi connectivity index (χ0n) is 9.93. The molecule has 0 aliphatic heterocycles. The summed E-state index contributed by atoms with van der Waals surface area (Å²) in [4.78, 5) is 0. The molecule has 1 N–H and O–H groups in total. The highest BCUT2D eigenvalue weighted by Gasteiger charge is 2.28. The molecule has 1 nitrogen and oxygen atoms in total. The van der Waals surface area contributed by atoms with Gasteiger partial charge >= 0.3 is 0 Å². The minimum Gasteiger partial charge on any atom is -0.396 e. The van der Waals surface area contributed by atoms with E-state index in [1.807, 2.05) is 20.8 Å². The monoisotopic (exact) mass is 228 g/mol. The summed E-state index contributed by atoms with van der Waals surface area (Å²) in [6.45, 7) is 5.90. The molecule has 0 saturated heterocycles. The minimum absolute atomic E-state index is 0.00278. The Morgan fingerprint density at radius 3 is 2.06 bits per heavy atom. The predicted molar refractivity (Wildman–Crippen MR) is 60.1 cm³/mol. The highest BCUT2D eigenvalue weighted by atomic mass is 19.1. The molecule has 0 heterocycles. The average molecular weight is 228 g/mol. The third kappa shape index (κ3) is 3.01. The van der Waals surface area contributed by atoms with Crippen LogP contribution in [0.2, 0.25) is 0 Å². The van der Waals surface area contributed by atoms with Crippen molar-refractivity contribution in [1.82, 2.24) is 0 Å². The highest BCUT2D eigenvalue weighted by Crippen LogP contribution is 2.31. The van der Waals surface area contributed by atoms with Crippen LogP contribution in [-0.2, 0) is 6.42 Å². The first-order chi connectivity index (χ1) is 7.37. The first-order valence-electron chi connectivity index (χ1n) is 5.43. The molecule has 1 rings (SSSR count). The zero-order chi connectivity index (χ0) is 12.3. The zero-order valence-corrected chi connectivity index (χ0v) is 9.93. The maximum Gasteiger partial charge on any atom is 0.126 e. The lowest BCUT2D eigenvalue weighted by Gasteiger charge is -2.31. The highest BCUT2D eigenvalue weighted by molar-refractivity contribution is 5.19. The number of aliphatic hydroxyl groups is 1. The Morgan fingerprint density at radius 2 is 1.69 bits per heavy atom. The number of aliphatic hydroxyl groups excluding tert-OH is 1. The Balaban J connectivity index is 2.94. The quantitative estimate of drug-likeness (QED) is 0.839. The van der Waals surface area contributed by atoms with E-state index in [9.17, 15) is 13.9 Å². The number of halogens is 2. The van der Waals surface area contributed by atoms with Crippen LogP contribution in [0.5, 0.6) is 0 Å². The molecule has 1 unspecified atom stereocenters. The van der Waals surface area contributed by atoms with Gasteiger partial charge in [0.05, 0.1) is 0 Å². The van der Waals surface area contributed by atoms with Crippen molar-refractivity contribution in [3.05, 3.63) is 35.4 Å². The van der Waals surface area contributed by atoms with Gasteiger partial charge in [0, 0.05) is 12.7 Å². The van der Waals surface area contributed by atoms with Gasteiger partial charge in [-0.1, -0.05) is 20.8 Å². The van der Waals surface area contributed by atoms with Gasteiger partial charge in [0.1, 0.15) is 11.6 Å². The van der Waals surface area contributed by atoms with Gasteiger partial charge in [-0.3, -0.25) is 0 Å². The van der Waals surface area contributed by atoms with Gasteiger partial charge in [-0.2, -0.15) is 0 Å². The van der Waals surface area contributed by atoms with Crippen LogP contribution in [0.4, 0.5) is 8.78 Å². The van der Waals surface area contributed by atoms with Crippen LogP contribution in [0.15, 0.2) is 18.2 Å². The van der Waals surface area contributed by atoms with Gasteiger partial charge in [0.25, 0.3) is 0 Å². The van der Waals surface area contributed by atoms with Crippen LogP contribution < -0.4 is 0 Å². The van der Waals surface area contributed by atoms with Crippen LogP contribution >= 0.6 is 0 Å². The summed E-state index contributed by atoms with van der Waals surface area (Å²) in [6, 6.07) is 3.49. The standard InChI is InChI=1S/C13H18F2O/c1-9(2)13(3,8-16)7-10-4-11(14)6-12(15)5-10/h4-6,9,16H,7-8H2,1-3H3. The molecule has 0 aliphatic carbocycles. The third-order valence-electron chi connectivity index (χ3n) is 3.29. The van der Waals surface area contributed by atoms with E-state index >= 15 is 0 Å². The number of benzene rings is 1. The van der Waals surface area contributed by atoms with E-state index in [1.54, 1.807) is 0 Å². The summed E-state index contributed by atoms with van der Waals surface area (Å²) < 4.78 is 26.0. The van der Waals surface area contributed by atoms with E-state index in [2.05, 4.69) is 0 Å². The largest absolute Gasteiger partial charge is 0.396 e. The molecule has 0 amide bonds. The Hall–Kier alpha value is -0.960. The predicted octanol–water partition coefficient (Wildman–Crippen LogP) is 3.16. The van der Waals surface area contributed by atoms with Crippen molar-refractivity contribution < 1.29 is 13.9 Å². The van der Waals surface area contributed by atoms with Crippen LogP contribution in [-0.4, -0.2) is 11.7 Å². The molecule has 0 aromatic heterocycles. The fourth-order valence-electron chi connectivity index (χ4n) is 1.62. The summed E-state index contributed by atoms with van der Waals surface area (Å²) in [5.74, 6) is -0.901. The van der Waals surface area contributed by atoms with Crippen LogP contribution in [0, 0.1) is 23.0 Å². The lowest BCUT2D eigenvalue weighted by Crippen LogP contribution is -2.30. The van der Waals surface area contributed by atoms with Gasteiger partial charge in [0.2, 0.25) is 0 Å². The fraction of sp³-hybridized carbons (Fsp3) is 0.538. The second-order valence-electron chi connectivity index (χ2n) is 4.92. The molecule has 0 radical (unpaired) electrons. The Bertz CT molecular complexity index is 343. The molecular weight excluding hydrogens is 210 g/mol. The minimum atomic E-state index is -0.570. The Kier molecular flexibility index (Phi) is 4.03. The van der Waals surface area contributed by atoms with Crippen molar-refractivity contribution in [3.8, 4) is 0 Å². The van der Waals surface area contributed by atoms with E-state index in [0.717, 1.165) is 6.07 Å². The average Bonchev–Trinajstić information content (AvgIpc) is 2.15. The first kappa shape index (κ1) is 13.1. The summed E-state index contributed by atoms with van der Waals surface area (Å²) in [5, 5.41) is 9.37. The van der Waals surface area contributed by atoms with Gasteiger partial charge in [-0.05, 0) is 35.4 Å². The van der Waals surface area contributed by atoms with Crippen LogP contribution in [0.25, 0.3) is 0 Å². The number of hydrogen-bond acceptors (Lipinski definition) is 1. The molecule has 16 heavy (non-hydrogen) atoms. The van der Waals surface area contributed by atoms with Gasteiger partial charge in [0.15, 0.2) is 0 Å². The normalized spacial score (nSPS) is 15.2. The van der Waals surface area contributed by atoms with Crippen molar-refractivity contribution in [3.63, 3.8) is 0 Å². The Labute approximate surface area is 95.1 Å². The van der Waals surface area contributed by atoms with Crippen LogP contribution in [0.1, 0.15) is 26.3 Å². The van der Waals surface area contributed by atoms with Gasteiger partial charge in [-0.15, -0.1) is 0 Å². The molecule has 1 aromatic rings. The number of rotatable bonds is 4. The summed E-state index contributed by atoms with van der Waals surface area (Å²) in [7, 11) is 0. The molecular formula is C13H18F2O.